The lowest BCUT2D eigenvalue weighted by Crippen LogP contribution is -1.98. The molecule has 0 bridgehead atoms. The lowest BCUT2D eigenvalue weighted by Gasteiger charge is -2.06. The van der Waals surface area contributed by atoms with Gasteiger partial charge < -0.3 is 11.1 Å². The average molecular weight is 199 g/mol. The van der Waals surface area contributed by atoms with Crippen LogP contribution in [0, 0.1) is 0 Å². The van der Waals surface area contributed by atoms with E-state index >= 15 is 0 Å². The number of nitrogen functional groups attached to an aromatic ring is 1. The maximum absolute atomic E-state index is 5.70. The molecule has 76 valence electrons. The summed E-state index contributed by atoms with van der Waals surface area (Å²) in [5.41, 5.74) is 8.77. The van der Waals surface area contributed by atoms with Crippen molar-refractivity contribution in [1.29, 1.82) is 0 Å². The van der Waals surface area contributed by atoms with Crippen LogP contribution in [0.25, 0.3) is 11.1 Å². The second-order valence-corrected chi connectivity index (χ2v) is 3.27. The number of benzene rings is 1. The van der Waals surface area contributed by atoms with Crippen LogP contribution in [0.5, 0.6) is 0 Å². The number of nitrogens with zero attached hydrogens (tertiary/aromatic N) is 1. The number of aromatic nitrogens is 1. The molecule has 1 aromatic carbocycles. The number of pyridine rings is 1. The van der Waals surface area contributed by atoms with Crippen LogP contribution in [0.1, 0.15) is 0 Å². The standard InChI is InChI=1S/C12H13N3/c1-14-11-7-10(8-15-12(11)13)9-5-3-2-4-6-9/h2-8,14H,1H3,(H2,13,15). The predicted molar refractivity (Wildman–Crippen MR) is 63.6 cm³/mol. The first-order chi connectivity index (χ1) is 7.31. The van der Waals surface area contributed by atoms with Gasteiger partial charge in [-0.3, -0.25) is 0 Å². The minimum Gasteiger partial charge on any atom is -0.385 e. The first-order valence-electron chi connectivity index (χ1n) is 4.80. The van der Waals surface area contributed by atoms with Gasteiger partial charge >= 0.3 is 0 Å². The van der Waals surface area contributed by atoms with E-state index in [1.807, 2.05) is 43.4 Å². The molecule has 0 saturated carbocycles. The van der Waals surface area contributed by atoms with Crippen molar-refractivity contribution in [2.45, 2.75) is 0 Å². The van der Waals surface area contributed by atoms with Gasteiger partial charge in [0.25, 0.3) is 0 Å². The molecule has 1 heterocycles. The highest BCUT2D eigenvalue weighted by Crippen LogP contribution is 2.24. The van der Waals surface area contributed by atoms with E-state index in [4.69, 9.17) is 5.73 Å². The maximum atomic E-state index is 5.70. The average Bonchev–Trinajstić information content (AvgIpc) is 2.31. The number of hydrogen-bond donors (Lipinski definition) is 2. The van der Waals surface area contributed by atoms with E-state index in [0.717, 1.165) is 16.8 Å². The van der Waals surface area contributed by atoms with Crippen molar-refractivity contribution < 1.29 is 0 Å². The SMILES string of the molecule is CNc1cc(-c2ccccc2)cnc1N. The van der Waals surface area contributed by atoms with E-state index in [1.54, 1.807) is 6.20 Å². The molecule has 0 spiro atoms. The van der Waals surface area contributed by atoms with Crippen molar-refractivity contribution in [3.05, 3.63) is 42.6 Å². The Morgan fingerprint density at radius 1 is 1.13 bits per heavy atom. The summed E-state index contributed by atoms with van der Waals surface area (Å²) in [5, 5.41) is 3.02. The summed E-state index contributed by atoms with van der Waals surface area (Å²) < 4.78 is 0. The summed E-state index contributed by atoms with van der Waals surface area (Å²) in [6.07, 6.45) is 1.78. The fourth-order valence-electron chi connectivity index (χ4n) is 1.46. The molecule has 1 aromatic heterocycles. The number of rotatable bonds is 2. The molecule has 0 unspecified atom stereocenters. The second-order valence-electron chi connectivity index (χ2n) is 3.27. The van der Waals surface area contributed by atoms with Gasteiger partial charge in [-0.1, -0.05) is 30.3 Å². The lowest BCUT2D eigenvalue weighted by atomic mass is 10.1. The van der Waals surface area contributed by atoms with E-state index in [0.29, 0.717) is 5.82 Å². The summed E-state index contributed by atoms with van der Waals surface area (Å²) >= 11 is 0. The number of nitrogens with two attached hydrogens (primary N) is 1. The molecule has 15 heavy (non-hydrogen) atoms. The highest BCUT2D eigenvalue weighted by molar-refractivity contribution is 5.72. The van der Waals surface area contributed by atoms with Crippen LogP contribution in [0.15, 0.2) is 42.6 Å². The van der Waals surface area contributed by atoms with Gasteiger partial charge in [-0.2, -0.15) is 0 Å². The molecule has 0 aliphatic rings. The normalized spacial score (nSPS) is 9.93. The van der Waals surface area contributed by atoms with Crippen molar-refractivity contribution in [3.63, 3.8) is 0 Å². The molecule has 0 amide bonds. The highest BCUT2D eigenvalue weighted by Gasteiger charge is 2.01. The molecule has 0 atom stereocenters. The third kappa shape index (κ3) is 1.91. The molecule has 0 radical (unpaired) electrons. The van der Waals surface area contributed by atoms with Gasteiger partial charge in [0.15, 0.2) is 0 Å². The number of hydrogen-bond acceptors (Lipinski definition) is 3. The zero-order valence-corrected chi connectivity index (χ0v) is 8.57. The van der Waals surface area contributed by atoms with Crippen molar-refractivity contribution >= 4 is 11.5 Å². The zero-order valence-electron chi connectivity index (χ0n) is 8.57. The molecule has 0 fully saturated rings. The van der Waals surface area contributed by atoms with Crippen molar-refractivity contribution in [2.75, 3.05) is 18.1 Å². The number of nitrogens with one attached hydrogen (secondary N) is 1. The second kappa shape index (κ2) is 4.00. The Balaban J connectivity index is 2.46. The maximum Gasteiger partial charge on any atom is 0.146 e. The molecule has 2 rings (SSSR count). The molecule has 2 aromatic rings. The van der Waals surface area contributed by atoms with Crippen LogP contribution in [-0.2, 0) is 0 Å². The Labute approximate surface area is 89.0 Å². The molecule has 0 saturated heterocycles. The molecule has 3 N–H and O–H groups in total. The van der Waals surface area contributed by atoms with Crippen LogP contribution in [0.3, 0.4) is 0 Å². The highest BCUT2D eigenvalue weighted by atomic mass is 14.9. The predicted octanol–water partition coefficient (Wildman–Crippen LogP) is 2.37. The van der Waals surface area contributed by atoms with Crippen LogP contribution in [0.2, 0.25) is 0 Å². The summed E-state index contributed by atoms with van der Waals surface area (Å²) in [6, 6.07) is 12.1. The largest absolute Gasteiger partial charge is 0.385 e. The van der Waals surface area contributed by atoms with Gasteiger partial charge in [0.2, 0.25) is 0 Å². The Morgan fingerprint density at radius 2 is 1.87 bits per heavy atom. The third-order valence-electron chi connectivity index (χ3n) is 2.29. The van der Waals surface area contributed by atoms with E-state index in [1.165, 1.54) is 0 Å². The lowest BCUT2D eigenvalue weighted by molar-refractivity contribution is 1.32. The summed E-state index contributed by atoms with van der Waals surface area (Å²) in [4.78, 5) is 4.14. The van der Waals surface area contributed by atoms with Gasteiger partial charge in [-0.25, -0.2) is 4.98 Å². The molecule has 3 heteroatoms. The van der Waals surface area contributed by atoms with E-state index in [-0.39, 0.29) is 0 Å². The first-order valence-corrected chi connectivity index (χ1v) is 4.80. The van der Waals surface area contributed by atoms with Gasteiger partial charge in [-0.15, -0.1) is 0 Å². The summed E-state index contributed by atoms with van der Waals surface area (Å²) in [7, 11) is 1.84. The first kappa shape index (κ1) is 9.52. The van der Waals surface area contributed by atoms with Crippen LogP contribution >= 0.6 is 0 Å². The molecule has 0 aliphatic carbocycles. The van der Waals surface area contributed by atoms with Crippen LogP contribution in [-0.4, -0.2) is 12.0 Å². The van der Waals surface area contributed by atoms with E-state index < -0.39 is 0 Å². The topological polar surface area (TPSA) is 50.9 Å². The minimum absolute atomic E-state index is 0.525. The quantitative estimate of drug-likeness (QED) is 0.780. The van der Waals surface area contributed by atoms with Crippen molar-refractivity contribution in [2.24, 2.45) is 0 Å². The minimum atomic E-state index is 0.525. The van der Waals surface area contributed by atoms with Gasteiger partial charge in [0, 0.05) is 18.8 Å². The summed E-state index contributed by atoms with van der Waals surface area (Å²) in [5.74, 6) is 0.525. The number of anilines is 2. The Hall–Kier alpha value is -2.03. The van der Waals surface area contributed by atoms with Gasteiger partial charge in [-0.05, 0) is 11.6 Å². The molecular formula is C12H13N3. The van der Waals surface area contributed by atoms with Crippen molar-refractivity contribution in [3.8, 4) is 11.1 Å². The van der Waals surface area contributed by atoms with Crippen LogP contribution in [0.4, 0.5) is 11.5 Å². The molecule has 3 nitrogen and oxygen atoms in total. The van der Waals surface area contributed by atoms with E-state index in [2.05, 4.69) is 10.3 Å². The smallest absolute Gasteiger partial charge is 0.146 e. The van der Waals surface area contributed by atoms with Crippen molar-refractivity contribution in [1.82, 2.24) is 4.98 Å². The zero-order chi connectivity index (χ0) is 10.7. The Kier molecular flexibility index (Phi) is 2.54. The third-order valence-corrected chi connectivity index (χ3v) is 2.29. The van der Waals surface area contributed by atoms with E-state index in [9.17, 15) is 0 Å². The molecule has 0 aliphatic heterocycles. The monoisotopic (exact) mass is 199 g/mol. The fourth-order valence-corrected chi connectivity index (χ4v) is 1.46. The summed E-state index contributed by atoms with van der Waals surface area (Å²) in [6.45, 7) is 0. The molecular weight excluding hydrogens is 186 g/mol. The van der Waals surface area contributed by atoms with Crippen LogP contribution < -0.4 is 11.1 Å². The van der Waals surface area contributed by atoms with Gasteiger partial charge in [0.05, 0.1) is 5.69 Å². The fraction of sp³-hybridized carbons (Fsp3) is 0.0833. The van der Waals surface area contributed by atoms with Gasteiger partial charge in [0.1, 0.15) is 5.82 Å². The Bertz CT molecular complexity index is 452. The Morgan fingerprint density at radius 3 is 2.53 bits per heavy atom.